The second-order valence-electron chi connectivity index (χ2n) is 6.29. The number of amides is 2. The van der Waals surface area contributed by atoms with Gasteiger partial charge in [0, 0.05) is 6.54 Å². The Kier molecular flexibility index (Phi) is 6.50. The highest BCUT2D eigenvalue weighted by molar-refractivity contribution is 5.96. The van der Waals surface area contributed by atoms with E-state index in [4.69, 9.17) is 0 Å². The maximum absolute atomic E-state index is 12.6. The summed E-state index contributed by atoms with van der Waals surface area (Å²) in [6.07, 6.45) is 3.51. The van der Waals surface area contributed by atoms with Gasteiger partial charge in [0.1, 0.15) is 12.1 Å². The van der Waals surface area contributed by atoms with Crippen molar-refractivity contribution < 1.29 is 9.59 Å². The molecule has 1 rings (SSSR count). The van der Waals surface area contributed by atoms with Crippen molar-refractivity contribution in [2.75, 3.05) is 6.54 Å². The smallest absolute Gasteiger partial charge is 0.245 e. The predicted octanol–water partition coefficient (Wildman–Crippen LogP) is 2.57. The second-order valence-corrected chi connectivity index (χ2v) is 6.29. The SMILES string of the molecule is CCC(CC)CN1C(=O)C(CC)NC(=O)C1CC(C)C. The number of hydrogen-bond acceptors (Lipinski definition) is 2. The molecule has 2 unspecified atom stereocenters. The van der Waals surface area contributed by atoms with Crippen LogP contribution < -0.4 is 5.32 Å². The zero-order chi connectivity index (χ0) is 15.3. The molecule has 1 fully saturated rings. The van der Waals surface area contributed by atoms with Gasteiger partial charge in [-0.15, -0.1) is 0 Å². The lowest BCUT2D eigenvalue weighted by Crippen LogP contribution is -2.64. The number of nitrogens with one attached hydrogen (secondary N) is 1. The molecule has 0 spiro atoms. The zero-order valence-electron chi connectivity index (χ0n) is 13.6. The molecular formula is C16H30N2O2. The Balaban J connectivity index is 2.93. The molecule has 1 aliphatic rings. The standard InChI is InChI=1S/C16H30N2O2/c1-6-12(7-2)10-18-14(9-11(4)5)15(19)17-13(8-3)16(18)20/h11-14H,6-10H2,1-5H3,(H,17,19). The summed E-state index contributed by atoms with van der Waals surface area (Å²) in [5, 5.41) is 2.88. The van der Waals surface area contributed by atoms with Crippen molar-refractivity contribution in [2.24, 2.45) is 11.8 Å². The Labute approximate surface area is 123 Å². The van der Waals surface area contributed by atoms with Crippen LogP contribution in [0.4, 0.5) is 0 Å². The minimum atomic E-state index is -0.333. The lowest BCUT2D eigenvalue weighted by atomic mass is 9.94. The molecular weight excluding hydrogens is 252 g/mol. The highest BCUT2D eigenvalue weighted by Crippen LogP contribution is 2.22. The number of hydrogen-bond donors (Lipinski definition) is 1. The first kappa shape index (κ1) is 17.0. The molecule has 0 bridgehead atoms. The summed E-state index contributed by atoms with van der Waals surface area (Å²) < 4.78 is 0. The third kappa shape index (κ3) is 3.97. The molecule has 2 atom stereocenters. The van der Waals surface area contributed by atoms with E-state index in [0.29, 0.717) is 24.8 Å². The normalized spacial score (nSPS) is 23.6. The number of piperazine rings is 1. The molecule has 0 aromatic carbocycles. The van der Waals surface area contributed by atoms with Crippen molar-refractivity contribution in [3.05, 3.63) is 0 Å². The fourth-order valence-corrected chi connectivity index (χ4v) is 2.82. The lowest BCUT2D eigenvalue weighted by Gasteiger charge is -2.41. The Bertz CT molecular complexity index is 337. The second kappa shape index (κ2) is 7.65. The first-order valence-electron chi connectivity index (χ1n) is 8.05. The van der Waals surface area contributed by atoms with Gasteiger partial charge in [-0.2, -0.15) is 0 Å². The van der Waals surface area contributed by atoms with E-state index in [1.165, 1.54) is 0 Å². The molecule has 2 amide bonds. The summed E-state index contributed by atoms with van der Waals surface area (Å²) >= 11 is 0. The van der Waals surface area contributed by atoms with Crippen molar-refractivity contribution in [3.63, 3.8) is 0 Å². The van der Waals surface area contributed by atoms with E-state index in [1.807, 2.05) is 11.8 Å². The van der Waals surface area contributed by atoms with E-state index in [9.17, 15) is 9.59 Å². The third-order valence-corrected chi connectivity index (χ3v) is 4.29. The molecule has 4 nitrogen and oxygen atoms in total. The van der Waals surface area contributed by atoms with E-state index in [1.54, 1.807) is 0 Å². The monoisotopic (exact) mass is 282 g/mol. The zero-order valence-corrected chi connectivity index (χ0v) is 13.6. The van der Waals surface area contributed by atoms with Gasteiger partial charge in [-0.25, -0.2) is 0 Å². The minimum Gasteiger partial charge on any atom is -0.343 e. The molecule has 1 aliphatic heterocycles. The molecule has 4 heteroatoms. The van der Waals surface area contributed by atoms with Crippen LogP contribution in [0.15, 0.2) is 0 Å². The van der Waals surface area contributed by atoms with Gasteiger partial charge in [-0.3, -0.25) is 9.59 Å². The fourth-order valence-electron chi connectivity index (χ4n) is 2.82. The largest absolute Gasteiger partial charge is 0.343 e. The van der Waals surface area contributed by atoms with Crippen LogP contribution in [0.3, 0.4) is 0 Å². The maximum Gasteiger partial charge on any atom is 0.245 e. The van der Waals surface area contributed by atoms with Crippen molar-refractivity contribution in [2.45, 2.75) is 72.4 Å². The number of carbonyl (C=O) groups is 2. The summed E-state index contributed by atoms with van der Waals surface area (Å²) in [5.74, 6) is 1.01. The molecule has 20 heavy (non-hydrogen) atoms. The maximum atomic E-state index is 12.6. The molecule has 1 heterocycles. The van der Waals surface area contributed by atoms with E-state index >= 15 is 0 Å². The molecule has 116 valence electrons. The van der Waals surface area contributed by atoms with Crippen LogP contribution in [0.5, 0.6) is 0 Å². The van der Waals surface area contributed by atoms with Crippen LogP contribution in [0.1, 0.15) is 60.3 Å². The Morgan fingerprint density at radius 3 is 2.20 bits per heavy atom. The summed E-state index contributed by atoms with van der Waals surface area (Å²) in [6, 6.07) is -0.619. The molecule has 0 aromatic rings. The highest BCUT2D eigenvalue weighted by atomic mass is 16.2. The fraction of sp³-hybridized carbons (Fsp3) is 0.875. The van der Waals surface area contributed by atoms with Gasteiger partial charge < -0.3 is 10.2 Å². The Morgan fingerprint density at radius 2 is 1.75 bits per heavy atom. The molecule has 0 aliphatic carbocycles. The van der Waals surface area contributed by atoms with Crippen LogP contribution in [0.2, 0.25) is 0 Å². The van der Waals surface area contributed by atoms with Gasteiger partial charge in [0.25, 0.3) is 0 Å². The average molecular weight is 282 g/mol. The molecule has 0 radical (unpaired) electrons. The van der Waals surface area contributed by atoms with Crippen LogP contribution in [0.25, 0.3) is 0 Å². The van der Waals surface area contributed by atoms with Crippen molar-refractivity contribution in [1.29, 1.82) is 0 Å². The van der Waals surface area contributed by atoms with E-state index in [-0.39, 0.29) is 23.9 Å². The van der Waals surface area contributed by atoms with Gasteiger partial charge in [0.15, 0.2) is 0 Å². The summed E-state index contributed by atoms with van der Waals surface area (Å²) in [7, 11) is 0. The van der Waals surface area contributed by atoms with Crippen LogP contribution in [0, 0.1) is 11.8 Å². The van der Waals surface area contributed by atoms with E-state index in [2.05, 4.69) is 33.0 Å². The van der Waals surface area contributed by atoms with Gasteiger partial charge in [-0.1, -0.05) is 47.5 Å². The van der Waals surface area contributed by atoms with Crippen LogP contribution >= 0.6 is 0 Å². The Morgan fingerprint density at radius 1 is 1.15 bits per heavy atom. The highest BCUT2D eigenvalue weighted by Gasteiger charge is 2.40. The molecule has 0 aromatic heterocycles. The first-order chi connectivity index (χ1) is 9.44. The van der Waals surface area contributed by atoms with Crippen molar-refractivity contribution >= 4 is 11.8 Å². The summed E-state index contributed by atoms with van der Waals surface area (Å²) in [6.45, 7) is 11.2. The lowest BCUT2D eigenvalue weighted by molar-refractivity contribution is -0.150. The van der Waals surface area contributed by atoms with E-state index in [0.717, 1.165) is 19.3 Å². The predicted molar refractivity (Wildman–Crippen MR) is 81.2 cm³/mol. The van der Waals surface area contributed by atoms with Crippen LogP contribution in [-0.4, -0.2) is 35.3 Å². The molecule has 0 saturated carbocycles. The van der Waals surface area contributed by atoms with Gasteiger partial charge in [0.2, 0.25) is 11.8 Å². The third-order valence-electron chi connectivity index (χ3n) is 4.29. The quantitative estimate of drug-likeness (QED) is 0.780. The van der Waals surface area contributed by atoms with Gasteiger partial charge in [-0.05, 0) is 24.7 Å². The van der Waals surface area contributed by atoms with E-state index < -0.39 is 0 Å². The number of rotatable bonds is 7. The average Bonchev–Trinajstić information content (AvgIpc) is 2.42. The van der Waals surface area contributed by atoms with Gasteiger partial charge in [0.05, 0.1) is 0 Å². The number of nitrogens with zero attached hydrogens (tertiary/aromatic N) is 1. The topological polar surface area (TPSA) is 49.4 Å². The number of carbonyl (C=O) groups excluding carboxylic acids is 2. The Hall–Kier alpha value is -1.06. The molecule has 1 saturated heterocycles. The summed E-state index contributed by atoms with van der Waals surface area (Å²) in [4.78, 5) is 26.7. The molecule has 1 N–H and O–H groups in total. The summed E-state index contributed by atoms with van der Waals surface area (Å²) in [5.41, 5.74) is 0. The van der Waals surface area contributed by atoms with Crippen molar-refractivity contribution in [3.8, 4) is 0 Å². The first-order valence-corrected chi connectivity index (χ1v) is 8.05. The minimum absolute atomic E-state index is 0.0242. The van der Waals surface area contributed by atoms with Gasteiger partial charge >= 0.3 is 0 Å². The van der Waals surface area contributed by atoms with Crippen LogP contribution in [-0.2, 0) is 9.59 Å². The van der Waals surface area contributed by atoms with Crippen molar-refractivity contribution in [1.82, 2.24) is 10.2 Å².